The van der Waals surface area contributed by atoms with Crippen molar-refractivity contribution < 1.29 is 48.3 Å². The zero-order valence-electron chi connectivity index (χ0n) is 15.9. The van der Waals surface area contributed by atoms with Crippen LogP contribution in [0.5, 0.6) is 0 Å². The second-order valence-corrected chi connectivity index (χ2v) is 7.61. The summed E-state index contributed by atoms with van der Waals surface area (Å²) in [6, 6.07) is 0. The van der Waals surface area contributed by atoms with Crippen LogP contribution in [-0.4, -0.2) is 35.3 Å². The molecule has 11 heteroatoms. The zero-order chi connectivity index (χ0) is 22.8. The van der Waals surface area contributed by atoms with Crippen LogP contribution in [0.25, 0.3) is 0 Å². The van der Waals surface area contributed by atoms with Crippen LogP contribution in [-0.2, 0) is 0 Å². The first-order chi connectivity index (χ1) is 13.1. The molecule has 29 heavy (non-hydrogen) atoms. The first-order valence-electron chi connectivity index (χ1n) is 9.64. The predicted octanol–water partition coefficient (Wildman–Crippen LogP) is 8.20. The summed E-state index contributed by atoms with van der Waals surface area (Å²) in [5.41, 5.74) is -5.81. The van der Waals surface area contributed by atoms with E-state index < -0.39 is 48.1 Å². The van der Waals surface area contributed by atoms with E-state index in [4.69, 9.17) is 0 Å². The Hall–Kier alpha value is -0.770. The largest absolute Gasteiger partial charge is 0.384 e. The van der Waals surface area contributed by atoms with Gasteiger partial charge >= 0.3 is 29.6 Å². The number of hydrogen-bond donors (Lipinski definition) is 0. The van der Waals surface area contributed by atoms with Gasteiger partial charge in [0.15, 0.2) is 0 Å². The molecule has 0 aromatic carbocycles. The van der Waals surface area contributed by atoms with Crippen molar-refractivity contribution >= 4 is 0 Å². The normalized spacial score (nSPS) is 25.7. The van der Waals surface area contributed by atoms with Crippen molar-refractivity contribution in [2.45, 2.75) is 113 Å². The van der Waals surface area contributed by atoms with Crippen LogP contribution in [0.2, 0.25) is 0 Å². The lowest BCUT2D eigenvalue weighted by molar-refractivity contribution is -0.485. The molecule has 0 spiro atoms. The zero-order valence-corrected chi connectivity index (χ0v) is 15.9. The molecule has 0 bridgehead atoms. The summed E-state index contributed by atoms with van der Waals surface area (Å²) in [4.78, 5) is 0. The summed E-state index contributed by atoms with van der Waals surface area (Å²) in [5, 5.41) is 0. The van der Waals surface area contributed by atoms with Crippen molar-refractivity contribution in [3.8, 4) is 0 Å². The summed E-state index contributed by atoms with van der Waals surface area (Å²) < 4.78 is 149. The standard InChI is InChI=1S/C18H25F11/c1-2-3-4-5-6-7-8-9-10-11-12-13(19)14(20,21)16(24,25)18(28,29)17(26,27)15(13,22)23/h2-12H2,1H3. The monoisotopic (exact) mass is 450 g/mol. The molecular formula is C18H25F11. The van der Waals surface area contributed by atoms with Crippen molar-refractivity contribution in [1.82, 2.24) is 0 Å². The number of alkyl halides is 11. The van der Waals surface area contributed by atoms with Gasteiger partial charge in [0.1, 0.15) is 0 Å². The predicted molar refractivity (Wildman–Crippen MR) is 85.0 cm³/mol. The molecule has 0 N–H and O–H groups in total. The third-order valence-electron chi connectivity index (χ3n) is 5.45. The Morgan fingerprint density at radius 2 is 0.655 bits per heavy atom. The smallest absolute Gasteiger partial charge is 0.230 e. The summed E-state index contributed by atoms with van der Waals surface area (Å²) in [6.45, 7) is 2.03. The number of hydrogen-bond acceptors (Lipinski definition) is 0. The molecule has 0 unspecified atom stereocenters. The van der Waals surface area contributed by atoms with Crippen LogP contribution in [0, 0.1) is 0 Å². The van der Waals surface area contributed by atoms with Crippen molar-refractivity contribution in [1.29, 1.82) is 0 Å². The lowest BCUT2D eigenvalue weighted by atomic mass is 9.70. The Morgan fingerprint density at radius 1 is 0.379 bits per heavy atom. The summed E-state index contributed by atoms with van der Waals surface area (Å²) in [6.07, 6.45) is 3.35. The number of unbranched alkanes of at least 4 members (excludes halogenated alkanes) is 9. The Labute approximate surface area is 162 Å². The van der Waals surface area contributed by atoms with E-state index in [0.717, 1.165) is 38.5 Å². The van der Waals surface area contributed by atoms with E-state index in [9.17, 15) is 48.3 Å². The number of halogens is 11. The quantitative estimate of drug-likeness (QED) is 0.220. The molecule has 0 radical (unpaired) electrons. The van der Waals surface area contributed by atoms with E-state index in [2.05, 4.69) is 0 Å². The van der Waals surface area contributed by atoms with Gasteiger partial charge in [-0.1, -0.05) is 64.7 Å². The fraction of sp³-hybridized carbons (Fsp3) is 1.00. The molecule has 0 saturated heterocycles. The first kappa shape index (κ1) is 26.3. The van der Waals surface area contributed by atoms with Gasteiger partial charge < -0.3 is 0 Å². The molecule has 0 heterocycles. The van der Waals surface area contributed by atoms with E-state index in [1.54, 1.807) is 0 Å². The van der Waals surface area contributed by atoms with Crippen LogP contribution in [0.15, 0.2) is 0 Å². The third-order valence-corrected chi connectivity index (χ3v) is 5.45. The van der Waals surface area contributed by atoms with Gasteiger partial charge in [-0.15, -0.1) is 0 Å². The second-order valence-electron chi connectivity index (χ2n) is 7.61. The molecule has 1 aliphatic rings. The minimum Gasteiger partial charge on any atom is -0.230 e. The number of rotatable bonds is 11. The summed E-state index contributed by atoms with van der Waals surface area (Å²) >= 11 is 0. The highest BCUT2D eigenvalue weighted by Gasteiger charge is 3.00. The van der Waals surface area contributed by atoms with Gasteiger partial charge in [-0.3, -0.25) is 0 Å². The highest BCUT2D eigenvalue weighted by molar-refractivity contribution is 5.26. The molecule has 0 aliphatic heterocycles. The summed E-state index contributed by atoms with van der Waals surface area (Å²) in [7, 11) is 0. The van der Waals surface area contributed by atoms with Crippen LogP contribution >= 0.6 is 0 Å². The Bertz CT molecular complexity index is 498. The average molecular weight is 450 g/mol. The Balaban J connectivity index is 2.76. The van der Waals surface area contributed by atoms with E-state index in [1.807, 2.05) is 6.92 Å². The Morgan fingerprint density at radius 3 is 1.00 bits per heavy atom. The highest BCUT2D eigenvalue weighted by Crippen LogP contribution is 2.70. The van der Waals surface area contributed by atoms with Gasteiger partial charge in [0.2, 0.25) is 5.67 Å². The van der Waals surface area contributed by atoms with Crippen molar-refractivity contribution in [2.75, 3.05) is 0 Å². The molecule has 174 valence electrons. The lowest BCUT2D eigenvalue weighted by Crippen LogP contribution is -2.83. The molecular weight excluding hydrogens is 425 g/mol. The van der Waals surface area contributed by atoms with Gasteiger partial charge in [0, 0.05) is 0 Å². The topological polar surface area (TPSA) is 0 Å². The molecule has 0 aromatic rings. The first-order valence-corrected chi connectivity index (χ1v) is 9.64. The Kier molecular flexibility index (Phi) is 7.94. The van der Waals surface area contributed by atoms with E-state index in [-0.39, 0.29) is 12.8 Å². The van der Waals surface area contributed by atoms with E-state index >= 15 is 0 Å². The van der Waals surface area contributed by atoms with E-state index in [1.165, 1.54) is 0 Å². The third kappa shape index (κ3) is 3.95. The van der Waals surface area contributed by atoms with Crippen LogP contribution in [0.1, 0.15) is 77.6 Å². The van der Waals surface area contributed by atoms with Crippen molar-refractivity contribution in [3.63, 3.8) is 0 Å². The van der Waals surface area contributed by atoms with Gasteiger partial charge in [0.05, 0.1) is 0 Å². The molecule has 1 rings (SSSR count). The highest BCUT2D eigenvalue weighted by atomic mass is 19.4. The minimum atomic E-state index is -7.12. The van der Waals surface area contributed by atoms with Crippen molar-refractivity contribution in [3.05, 3.63) is 0 Å². The maximum Gasteiger partial charge on any atom is 0.384 e. The van der Waals surface area contributed by atoms with Gasteiger partial charge in [-0.2, -0.15) is 43.9 Å². The molecule has 1 fully saturated rings. The molecule has 0 aromatic heterocycles. The van der Waals surface area contributed by atoms with Crippen LogP contribution in [0.3, 0.4) is 0 Å². The summed E-state index contributed by atoms with van der Waals surface area (Å²) in [5.74, 6) is -34.5. The molecule has 0 atom stereocenters. The van der Waals surface area contributed by atoms with Gasteiger partial charge in [-0.05, 0) is 12.8 Å². The lowest BCUT2D eigenvalue weighted by Gasteiger charge is -2.52. The van der Waals surface area contributed by atoms with Crippen LogP contribution in [0.4, 0.5) is 48.3 Å². The average Bonchev–Trinajstić information content (AvgIpc) is 2.61. The molecule has 1 saturated carbocycles. The minimum absolute atomic E-state index is 0.166. The molecule has 0 nitrogen and oxygen atoms in total. The van der Waals surface area contributed by atoms with Gasteiger partial charge in [-0.25, -0.2) is 4.39 Å². The fourth-order valence-corrected chi connectivity index (χ4v) is 3.46. The maximum atomic E-state index is 14.4. The SMILES string of the molecule is CCCCCCCCCCCCC1(F)C(F)(F)C(F)(F)C(F)(F)C(F)(F)C1(F)F. The van der Waals surface area contributed by atoms with E-state index in [0.29, 0.717) is 6.42 Å². The molecule has 0 amide bonds. The van der Waals surface area contributed by atoms with Crippen LogP contribution < -0.4 is 0 Å². The van der Waals surface area contributed by atoms with Crippen molar-refractivity contribution in [2.24, 2.45) is 0 Å². The second kappa shape index (κ2) is 8.77. The molecule has 1 aliphatic carbocycles. The fourth-order valence-electron chi connectivity index (χ4n) is 3.46. The van der Waals surface area contributed by atoms with Gasteiger partial charge in [0.25, 0.3) is 0 Å². The maximum absolute atomic E-state index is 14.4.